The fourth-order valence-electron chi connectivity index (χ4n) is 3.85. The van der Waals surface area contributed by atoms with Crippen molar-refractivity contribution in [2.75, 3.05) is 56.7 Å². The predicted octanol–water partition coefficient (Wildman–Crippen LogP) is 5.73. The molecule has 0 saturated carbocycles. The molecule has 1 aromatic rings. The number of anilines is 2. The van der Waals surface area contributed by atoms with E-state index in [2.05, 4.69) is 34.4 Å². The van der Waals surface area contributed by atoms with Gasteiger partial charge in [0.25, 0.3) is 0 Å². The van der Waals surface area contributed by atoms with Gasteiger partial charge in [-0.2, -0.15) is 15.0 Å². The van der Waals surface area contributed by atoms with Gasteiger partial charge < -0.3 is 25.8 Å². The van der Waals surface area contributed by atoms with Gasteiger partial charge in [0.15, 0.2) is 0 Å². The minimum atomic E-state index is 0.539. The summed E-state index contributed by atoms with van der Waals surface area (Å²) in [5.74, 6) is 2.18. The quantitative estimate of drug-likeness (QED) is 0.140. The first-order valence-electron chi connectivity index (χ1n) is 14.4. The molecule has 0 bridgehead atoms. The molecule has 0 atom stereocenters. The van der Waals surface area contributed by atoms with Crippen molar-refractivity contribution < 1.29 is 9.47 Å². The van der Waals surface area contributed by atoms with Crippen molar-refractivity contribution in [1.82, 2.24) is 15.0 Å². The van der Waals surface area contributed by atoms with Gasteiger partial charge in [0, 0.05) is 26.1 Å². The van der Waals surface area contributed by atoms with Gasteiger partial charge in [-0.25, -0.2) is 0 Å². The van der Waals surface area contributed by atoms with E-state index >= 15 is 0 Å². The van der Waals surface area contributed by atoms with Crippen LogP contribution in [0, 0.1) is 0 Å². The van der Waals surface area contributed by atoms with Crippen LogP contribution in [0.5, 0.6) is 0 Å². The van der Waals surface area contributed by atoms with Crippen LogP contribution < -0.4 is 16.4 Å². The SMILES string of the molecule is CCCCCCCCCCc1nc(NCCCCCCCC)nc(NCCOCCOCCN)n1. The zero-order chi connectivity index (χ0) is 25.2. The van der Waals surface area contributed by atoms with E-state index in [4.69, 9.17) is 20.2 Å². The highest BCUT2D eigenvalue weighted by Crippen LogP contribution is 2.12. The fraction of sp³-hybridized carbons (Fsp3) is 0.889. The Morgan fingerprint density at radius 2 is 1.09 bits per heavy atom. The molecule has 0 aliphatic rings. The Morgan fingerprint density at radius 3 is 1.69 bits per heavy atom. The van der Waals surface area contributed by atoms with E-state index in [1.54, 1.807) is 0 Å². The topological polar surface area (TPSA) is 107 Å². The Balaban J connectivity index is 2.41. The average molecular weight is 495 g/mol. The van der Waals surface area contributed by atoms with Crippen LogP contribution >= 0.6 is 0 Å². The molecular weight excluding hydrogens is 440 g/mol. The van der Waals surface area contributed by atoms with Crippen LogP contribution in [-0.2, 0) is 15.9 Å². The first kappa shape index (κ1) is 31.5. The van der Waals surface area contributed by atoms with Crippen LogP contribution in [0.4, 0.5) is 11.9 Å². The Bertz CT molecular complexity index is 553. The molecule has 8 heteroatoms. The molecular formula is C27H54N6O2. The van der Waals surface area contributed by atoms with Crippen molar-refractivity contribution in [3.63, 3.8) is 0 Å². The van der Waals surface area contributed by atoms with Crippen LogP contribution in [0.15, 0.2) is 0 Å². The second-order valence-corrected chi connectivity index (χ2v) is 9.26. The first-order valence-corrected chi connectivity index (χ1v) is 14.4. The van der Waals surface area contributed by atoms with Crippen molar-refractivity contribution in [1.29, 1.82) is 0 Å². The summed E-state index contributed by atoms with van der Waals surface area (Å²) in [6.07, 6.45) is 19.0. The second kappa shape index (κ2) is 24.2. The zero-order valence-corrected chi connectivity index (χ0v) is 22.8. The summed E-state index contributed by atoms with van der Waals surface area (Å²) in [5.41, 5.74) is 5.41. The van der Waals surface area contributed by atoms with Crippen molar-refractivity contribution in [3.8, 4) is 0 Å². The molecule has 0 unspecified atom stereocenters. The molecule has 1 rings (SSSR count). The Kier molecular flexibility index (Phi) is 21.8. The van der Waals surface area contributed by atoms with Gasteiger partial charge >= 0.3 is 0 Å². The highest BCUT2D eigenvalue weighted by molar-refractivity contribution is 5.34. The lowest BCUT2D eigenvalue weighted by molar-refractivity contribution is 0.0547. The number of aromatic nitrogens is 3. The van der Waals surface area contributed by atoms with Crippen molar-refractivity contribution >= 4 is 11.9 Å². The van der Waals surface area contributed by atoms with Crippen LogP contribution in [0.3, 0.4) is 0 Å². The summed E-state index contributed by atoms with van der Waals surface area (Å²) in [7, 11) is 0. The molecule has 0 aliphatic carbocycles. The maximum absolute atomic E-state index is 5.59. The molecule has 1 heterocycles. The van der Waals surface area contributed by atoms with Crippen LogP contribution in [0.1, 0.15) is 110 Å². The summed E-state index contributed by atoms with van der Waals surface area (Å²) in [5, 5.41) is 6.71. The predicted molar refractivity (Wildman–Crippen MR) is 147 cm³/mol. The average Bonchev–Trinajstić information content (AvgIpc) is 2.86. The lowest BCUT2D eigenvalue weighted by Gasteiger charge is -2.11. The molecule has 4 N–H and O–H groups in total. The number of nitrogens with one attached hydrogen (secondary N) is 2. The lowest BCUT2D eigenvalue weighted by Crippen LogP contribution is -2.17. The summed E-state index contributed by atoms with van der Waals surface area (Å²) < 4.78 is 10.9. The third kappa shape index (κ3) is 19.4. The Labute approximate surface area is 215 Å². The third-order valence-electron chi connectivity index (χ3n) is 5.91. The number of rotatable bonds is 26. The van der Waals surface area contributed by atoms with Gasteiger partial charge in [-0.1, -0.05) is 90.9 Å². The monoisotopic (exact) mass is 494 g/mol. The number of unbranched alkanes of at least 4 members (excludes halogenated alkanes) is 12. The maximum atomic E-state index is 5.59. The molecule has 0 amide bonds. The number of aryl methyl sites for hydroxylation is 1. The van der Waals surface area contributed by atoms with Crippen LogP contribution in [0.25, 0.3) is 0 Å². The fourth-order valence-corrected chi connectivity index (χ4v) is 3.85. The molecule has 0 fully saturated rings. The van der Waals surface area contributed by atoms with Gasteiger partial charge in [-0.15, -0.1) is 0 Å². The Hall–Kier alpha value is -1.51. The summed E-state index contributed by atoms with van der Waals surface area (Å²) in [6, 6.07) is 0. The third-order valence-corrected chi connectivity index (χ3v) is 5.91. The molecule has 0 saturated heterocycles. The number of hydrogen-bond donors (Lipinski definition) is 3. The second-order valence-electron chi connectivity index (χ2n) is 9.26. The van der Waals surface area contributed by atoms with Crippen molar-refractivity contribution in [2.24, 2.45) is 5.73 Å². The first-order chi connectivity index (χ1) is 17.3. The normalized spacial score (nSPS) is 11.2. The van der Waals surface area contributed by atoms with E-state index < -0.39 is 0 Å². The molecule has 1 aromatic heterocycles. The van der Waals surface area contributed by atoms with Crippen molar-refractivity contribution in [2.45, 2.75) is 110 Å². The minimum Gasteiger partial charge on any atom is -0.378 e. The van der Waals surface area contributed by atoms with Gasteiger partial charge in [-0.3, -0.25) is 0 Å². The molecule has 204 valence electrons. The highest BCUT2D eigenvalue weighted by atomic mass is 16.5. The highest BCUT2D eigenvalue weighted by Gasteiger charge is 2.07. The number of nitrogens with two attached hydrogens (primary N) is 1. The lowest BCUT2D eigenvalue weighted by atomic mass is 10.1. The van der Waals surface area contributed by atoms with E-state index in [-0.39, 0.29) is 0 Å². The van der Waals surface area contributed by atoms with Gasteiger partial charge in [0.05, 0.1) is 26.4 Å². The Morgan fingerprint density at radius 1 is 0.571 bits per heavy atom. The standard InChI is InChI=1S/C27H54N6O2/c1-3-5-7-9-11-12-13-15-17-25-31-26(29-19-16-14-10-8-6-4-2)33-27(32-25)30-20-22-35-24-23-34-21-18-28/h3-24,28H2,1-2H3,(H2,29,30,31,32,33). The maximum Gasteiger partial charge on any atom is 0.227 e. The largest absolute Gasteiger partial charge is 0.378 e. The summed E-state index contributed by atoms with van der Waals surface area (Å²) in [4.78, 5) is 13.9. The van der Waals surface area contributed by atoms with E-state index in [1.165, 1.54) is 77.0 Å². The molecule has 0 spiro atoms. The van der Waals surface area contributed by atoms with E-state index in [0.29, 0.717) is 51.4 Å². The van der Waals surface area contributed by atoms with Gasteiger partial charge in [0.1, 0.15) is 5.82 Å². The van der Waals surface area contributed by atoms with E-state index in [1.807, 2.05) is 0 Å². The van der Waals surface area contributed by atoms with Gasteiger partial charge in [0.2, 0.25) is 11.9 Å². The van der Waals surface area contributed by atoms with Crippen LogP contribution in [0.2, 0.25) is 0 Å². The molecule has 35 heavy (non-hydrogen) atoms. The number of ether oxygens (including phenoxy) is 2. The molecule has 0 radical (unpaired) electrons. The number of hydrogen-bond acceptors (Lipinski definition) is 8. The minimum absolute atomic E-state index is 0.539. The van der Waals surface area contributed by atoms with E-state index in [0.717, 1.165) is 31.6 Å². The van der Waals surface area contributed by atoms with Crippen molar-refractivity contribution in [3.05, 3.63) is 5.82 Å². The summed E-state index contributed by atoms with van der Waals surface area (Å²) >= 11 is 0. The molecule has 0 aliphatic heterocycles. The number of nitrogens with zero attached hydrogens (tertiary/aromatic N) is 3. The zero-order valence-electron chi connectivity index (χ0n) is 22.8. The molecule has 8 nitrogen and oxygen atoms in total. The molecule has 0 aromatic carbocycles. The van der Waals surface area contributed by atoms with Crippen LogP contribution in [-0.4, -0.2) is 61.0 Å². The summed E-state index contributed by atoms with van der Waals surface area (Å²) in [6.45, 7) is 8.88. The van der Waals surface area contributed by atoms with Gasteiger partial charge in [-0.05, 0) is 12.8 Å². The smallest absolute Gasteiger partial charge is 0.227 e. The van der Waals surface area contributed by atoms with E-state index in [9.17, 15) is 0 Å².